The first-order chi connectivity index (χ1) is 13.1. The third kappa shape index (κ3) is 3.63. The Morgan fingerprint density at radius 2 is 1.82 bits per heavy atom. The maximum Gasteiger partial charge on any atom is 0.416 e. The van der Waals surface area contributed by atoms with Crippen molar-refractivity contribution in [2.24, 2.45) is 0 Å². The summed E-state index contributed by atoms with van der Waals surface area (Å²) < 4.78 is 53.6. The number of hydrogen-bond donors (Lipinski definition) is 2. The lowest BCUT2D eigenvalue weighted by atomic mass is 10.1. The summed E-state index contributed by atoms with van der Waals surface area (Å²) in [7, 11) is 0. The smallest absolute Gasteiger partial charge is 0.416 e. The number of nitrogens with zero attached hydrogens (tertiary/aromatic N) is 3. The van der Waals surface area contributed by atoms with Crippen molar-refractivity contribution < 1.29 is 32.6 Å². The number of fused-ring (bicyclic) bond motifs is 1. The van der Waals surface area contributed by atoms with Crippen LogP contribution in [-0.4, -0.2) is 30.8 Å². The van der Waals surface area contributed by atoms with E-state index in [1.54, 1.807) is 0 Å². The molecule has 1 aromatic carbocycles. The lowest BCUT2D eigenvalue weighted by Crippen LogP contribution is -2.30. The summed E-state index contributed by atoms with van der Waals surface area (Å²) in [5.41, 5.74) is -2.70. The van der Waals surface area contributed by atoms with Crippen LogP contribution in [0.5, 0.6) is 0 Å². The van der Waals surface area contributed by atoms with Crippen molar-refractivity contribution in [2.45, 2.75) is 19.0 Å². The normalized spacial score (nSPS) is 13.0. The van der Waals surface area contributed by atoms with Gasteiger partial charge in [-0.25, -0.2) is 13.9 Å². The van der Waals surface area contributed by atoms with Gasteiger partial charge in [-0.3, -0.25) is 9.59 Å². The molecule has 0 spiro atoms. The fourth-order valence-corrected chi connectivity index (χ4v) is 2.68. The van der Waals surface area contributed by atoms with E-state index in [-0.39, 0.29) is 28.5 Å². The zero-order valence-corrected chi connectivity index (χ0v) is 13.9. The minimum absolute atomic E-state index is 0.169. The molecule has 11 heteroatoms. The number of carboxylic acids is 1. The summed E-state index contributed by atoms with van der Waals surface area (Å²) in [5.74, 6) is -2.91. The van der Waals surface area contributed by atoms with E-state index in [1.165, 1.54) is 0 Å². The van der Waals surface area contributed by atoms with E-state index in [1.807, 2.05) is 0 Å². The van der Waals surface area contributed by atoms with Gasteiger partial charge in [-0.1, -0.05) is 0 Å². The van der Waals surface area contributed by atoms with E-state index in [9.17, 15) is 32.3 Å². The summed E-state index contributed by atoms with van der Waals surface area (Å²) in [5, 5.41) is 22.3. The van der Waals surface area contributed by atoms with Crippen molar-refractivity contribution in [3.63, 3.8) is 0 Å². The third-order valence-corrected chi connectivity index (χ3v) is 3.90. The minimum Gasteiger partial charge on any atom is -0.511 e. The maximum atomic E-state index is 13.7. The van der Waals surface area contributed by atoms with Gasteiger partial charge < -0.3 is 10.2 Å². The number of aliphatic carboxylic acids is 1. The fourth-order valence-electron chi connectivity index (χ4n) is 2.68. The molecule has 0 aliphatic heterocycles. The lowest BCUT2D eigenvalue weighted by molar-refractivity contribution is -0.138. The van der Waals surface area contributed by atoms with Crippen LogP contribution in [0.3, 0.4) is 0 Å². The average molecular weight is 397 g/mol. The Labute approximate surface area is 153 Å². The molecule has 0 atom stereocenters. The predicted molar refractivity (Wildman–Crippen MR) is 87.8 cm³/mol. The molecular weight excluding hydrogens is 386 g/mol. The van der Waals surface area contributed by atoms with Crippen LogP contribution < -0.4 is 10.6 Å². The first-order valence-corrected chi connectivity index (χ1v) is 7.77. The fraction of sp³-hybridized carbons (Fsp3) is 0.176. The molecule has 2 N–H and O–H groups in total. The molecule has 0 bridgehead atoms. The molecule has 0 radical (unpaired) electrons. The van der Waals surface area contributed by atoms with Gasteiger partial charge >= 0.3 is 12.1 Å². The molecule has 0 aliphatic rings. The Morgan fingerprint density at radius 3 is 2.46 bits per heavy atom. The van der Waals surface area contributed by atoms with E-state index >= 15 is 0 Å². The Balaban J connectivity index is 2.27. The number of alkyl halides is 3. The van der Waals surface area contributed by atoms with Crippen molar-refractivity contribution in [1.82, 2.24) is 14.6 Å². The Morgan fingerprint density at radius 1 is 1.11 bits per heavy atom. The molecule has 0 saturated heterocycles. The number of carbonyl (C=O) groups is 1. The Bertz CT molecular complexity index is 1190. The van der Waals surface area contributed by atoms with Gasteiger partial charge in [0.25, 0.3) is 0 Å². The summed E-state index contributed by atoms with van der Waals surface area (Å²) >= 11 is 0. The number of halogens is 4. The second kappa shape index (κ2) is 6.91. The molecule has 2 heterocycles. The molecule has 0 saturated carbocycles. The van der Waals surface area contributed by atoms with E-state index in [0.29, 0.717) is 12.1 Å². The number of hydrogen-bond acceptors (Lipinski definition) is 5. The molecule has 7 nitrogen and oxygen atoms in total. The van der Waals surface area contributed by atoms with E-state index < -0.39 is 41.1 Å². The van der Waals surface area contributed by atoms with Gasteiger partial charge in [0.05, 0.1) is 17.7 Å². The van der Waals surface area contributed by atoms with E-state index in [4.69, 9.17) is 5.11 Å². The highest BCUT2D eigenvalue weighted by Gasteiger charge is 2.31. The van der Waals surface area contributed by atoms with Crippen LogP contribution in [0.25, 0.3) is 22.7 Å². The van der Waals surface area contributed by atoms with Crippen LogP contribution in [-0.2, 0) is 11.0 Å². The lowest BCUT2D eigenvalue weighted by Gasteiger charge is -2.10. The quantitative estimate of drug-likeness (QED) is 0.654. The van der Waals surface area contributed by atoms with Crippen LogP contribution in [0.1, 0.15) is 18.4 Å². The molecule has 28 heavy (non-hydrogen) atoms. The zero-order valence-electron chi connectivity index (χ0n) is 13.9. The number of rotatable bonds is 4. The summed E-state index contributed by atoms with van der Waals surface area (Å²) in [6, 6.07) is 2.66. The van der Waals surface area contributed by atoms with Crippen LogP contribution in [0.15, 0.2) is 35.4 Å². The topological polar surface area (TPSA) is 105 Å². The molecule has 3 aromatic rings. The molecule has 0 unspecified atom stereocenters. The first-order valence-electron chi connectivity index (χ1n) is 7.77. The monoisotopic (exact) mass is 397 g/mol. The highest BCUT2D eigenvalue weighted by atomic mass is 19.4. The predicted octanol–water partition coefficient (Wildman–Crippen LogP) is 2.16. The van der Waals surface area contributed by atoms with Crippen molar-refractivity contribution in [3.05, 3.63) is 57.4 Å². The van der Waals surface area contributed by atoms with Gasteiger partial charge in [0.1, 0.15) is 23.1 Å². The largest absolute Gasteiger partial charge is 0.511 e. The molecule has 146 valence electrons. The molecular formula is C17H11F4N3O4. The average Bonchev–Trinajstić information content (AvgIpc) is 3.06. The van der Waals surface area contributed by atoms with Crippen molar-refractivity contribution in [1.29, 1.82) is 0 Å². The van der Waals surface area contributed by atoms with Gasteiger partial charge in [0.15, 0.2) is 11.1 Å². The molecule has 2 aromatic heterocycles. The molecule has 3 rings (SSSR count). The van der Waals surface area contributed by atoms with Gasteiger partial charge in [-0.15, -0.1) is 0 Å². The second-order valence-corrected chi connectivity index (χ2v) is 5.83. The Hall–Kier alpha value is -3.50. The molecule has 0 aliphatic carbocycles. The van der Waals surface area contributed by atoms with Gasteiger partial charge in [-0.05, 0) is 18.2 Å². The van der Waals surface area contributed by atoms with Crippen molar-refractivity contribution in [3.8, 4) is 11.3 Å². The van der Waals surface area contributed by atoms with Gasteiger partial charge in [-0.2, -0.15) is 18.3 Å². The highest BCUT2D eigenvalue weighted by Crippen LogP contribution is 2.32. The second-order valence-electron chi connectivity index (χ2n) is 5.83. The number of aromatic nitrogens is 3. The van der Waals surface area contributed by atoms with Gasteiger partial charge in [0.2, 0.25) is 0 Å². The number of aliphatic hydroxyl groups excluding tert-OH is 1. The number of pyridine rings is 1. The molecule has 0 fully saturated rings. The first kappa shape index (κ1) is 19.3. The Kier molecular flexibility index (Phi) is 4.75. The van der Waals surface area contributed by atoms with Gasteiger partial charge in [0, 0.05) is 18.1 Å². The highest BCUT2D eigenvalue weighted by molar-refractivity contribution is 5.69. The summed E-state index contributed by atoms with van der Waals surface area (Å²) in [4.78, 5) is 26.9. The zero-order chi connectivity index (χ0) is 20.6. The minimum atomic E-state index is -4.80. The van der Waals surface area contributed by atoms with Crippen LogP contribution in [0.2, 0.25) is 0 Å². The molecule has 0 amide bonds. The number of carboxylic acid groups (broad SMARTS) is 1. The third-order valence-electron chi connectivity index (χ3n) is 3.90. The number of aliphatic hydroxyl groups is 1. The van der Waals surface area contributed by atoms with E-state index in [0.717, 1.165) is 23.0 Å². The number of benzene rings is 1. The van der Waals surface area contributed by atoms with Crippen LogP contribution >= 0.6 is 0 Å². The van der Waals surface area contributed by atoms with Crippen LogP contribution in [0, 0.1) is 5.82 Å². The van der Waals surface area contributed by atoms with Crippen molar-refractivity contribution in [2.75, 3.05) is 0 Å². The van der Waals surface area contributed by atoms with E-state index in [2.05, 4.69) is 10.1 Å². The summed E-state index contributed by atoms with van der Waals surface area (Å²) in [6.45, 7) is 0. The van der Waals surface area contributed by atoms with Crippen molar-refractivity contribution >= 4 is 17.4 Å². The standard InChI is InChI=1S/C17H11F4N3O4/c18-10-4-8(3-9(5-10)17(19,20)21)11-6-13(26)15(12(25)1-2-14(27)28)16-22-7-23-24(11)16/h3-7,25H,1-2H2,(H,27,28). The van der Waals surface area contributed by atoms with Crippen LogP contribution in [0.4, 0.5) is 17.6 Å². The maximum absolute atomic E-state index is 13.7. The SMILES string of the molecule is O=C(O)CCC(O)=c1c(=O)cc(-c2cc(F)cc(C(F)(F)F)c2)n2ncnc12. The summed E-state index contributed by atoms with van der Waals surface area (Å²) in [6.07, 6.45) is -4.62.